The Hall–Kier alpha value is -0.980. The van der Waals surface area contributed by atoms with E-state index in [0.29, 0.717) is 12.0 Å². The lowest BCUT2D eigenvalue weighted by atomic mass is 10.0. The summed E-state index contributed by atoms with van der Waals surface area (Å²) in [5.41, 5.74) is 2.72. The number of hydrogen-bond donors (Lipinski definition) is 1. The van der Waals surface area contributed by atoms with Crippen molar-refractivity contribution in [3.8, 4) is 0 Å². The Morgan fingerprint density at radius 1 is 0.941 bits per heavy atom. The summed E-state index contributed by atoms with van der Waals surface area (Å²) < 4.78 is 0. The summed E-state index contributed by atoms with van der Waals surface area (Å²) in [5.74, 6) is 0.627. The van der Waals surface area contributed by atoms with Gasteiger partial charge < -0.3 is 5.32 Å². The summed E-state index contributed by atoms with van der Waals surface area (Å²) in [6.45, 7) is 4.49. The van der Waals surface area contributed by atoms with E-state index in [4.69, 9.17) is 0 Å². The van der Waals surface area contributed by atoms with Crippen LogP contribution in [0.15, 0.2) is 24.3 Å². The molecule has 0 aliphatic heterocycles. The second-order valence-electron chi connectivity index (χ2n) is 5.61. The fourth-order valence-corrected chi connectivity index (χ4v) is 2.62. The van der Waals surface area contributed by atoms with E-state index < -0.39 is 0 Å². The van der Waals surface area contributed by atoms with E-state index in [1.165, 1.54) is 49.8 Å². The second kappa shape index (κ2) is 6.09. The molecule has 1 aromatic rings. The first-order valence-corrected chi connectivity index (χ1v) is 7.12. The SMILES string of the molecule is CC(C)c1ccc(NC2CCCCCC2)cc1. The molecule has 1 N–H and O–H groups in total. The molecule has 0 atom stereocenters. The van der Waals surface area contributed by atoms with E-state index in [1.54, 1.807) is 0 Å². The van der Waals surface area contributed by atoms with Gasteiger partial charge in [0.05, 0.1) is 0 Å². The molecule has 0 amide bonds. The maximum atomic E-state index is 3.69. The van der Waals surface area contributed by atoms with Crippen LogP contribution in [0.1, 0.15) is 63.9 Å². The molecule has 1 fully saturated rings. The van der Waals surface area contributed by atoms with Crippen LogP contribution in [0.2, 0.25) is 0 Å². The van der Waals surface area contributed by atoms with Crippen LogP contribution in [0.3, 0.4) is 0 Å². The zero-order chi connectivity index (χ0) is 12.1. The average Bonchev–Trinajstić information content (AvgIpc) is 2.58. The van der Waals surface area contributed by atoms with Crippen LogP contribution in [0.25, 0.3) is 0 Å². The summed E-state index contributed by atoms with van der Waals surface area (Å²) >= 11 is 0. The van der Waals surface area contributed by atoms with E-state index >= 15 is 0 Å². The van der Waals surface area contributed by atoms with Gasteiger partial charge in [0.1, 0.15) is 0 Å². The Morgan fingerprint density at radius 3 is 2.06 bits per heavy atom. The van der Waals surface area contributed by atoms with Gasteiger partial charge in [-0.3, -0.25) is 0 Å². The minimum Gasteiger partial charge on any atom is -0.382 e. The smallest absolute Gasteiger partial charge is 0.0342 e. The zero-order valence-corrected chi connectivity index (χ0v) is 11.2. The lowest BCUT2D eigenvalue weighted by molar-refractivity contribution is 0.620. The molecule has 0 radical (unpaired) electrons. The molecule has 1 heteroatoms. The Morgan fingerprint density at radius 2 is 1.53 bits per heavy atom. The van der Waals surface area contributed by atoms with Gasteiger partial charge in [0, 0.05) is 11.7 Å². The van der Waals surface area contributed by atoms with Crippen LogP contribution in [0.4, 0.5) is 5.69 Å². The van der Waals surface area contributed by atoms with Gasteiger partial charge in [0.25, 0.3) is 0 Å². The third kappa shape index (κ3) is 3.76. The van der Waals surface area contributed by atoms with Gasteiger partial charge >= 0.3 is 0 Å². The van der Waals surface area contributed by atoms with Gasteiger partial charge in [-0.05, 0) is 36.5 Å². The molecule has 1 aliphatic rings. The Bertz CT molecular complexity index is 318. The standard InChI is InChI=1S/C16H25N/c1-13(2)14-9-11-16(12-10-14)17-15-7-5-3-4-6-8-15/h9-13,15,17H,3-8H2,1-2H3. The van der Waals surface area contributed by atoms with Gasteiger partial charge in [-0.1, -0.05) is 51.7 Å². The maximum absolute atomic E-state index is 3.69. The van der Waals surface area contributed by atoms with E-state index in [1.807, 2.05) is 0 Å². The van der Waals surface area contributed by atoms with Crippen molar-refractivity contribution in [3.63, 3.8) is 0 Å². The van der Waals surface area contributed by atoms with Gasteiger partial charge in [0.2, 0.25) is 0 Å². The molecule has 0 spiro atoms. The fraction of sp³-hybridized carbons (Fsp3) is 0.625. The van der Waals surface area contributed by atoms with Crippen LogP contribution in [-0.2, 0) is 0 Å². The summed E-state index contributed by atoms with van der Waals surface area (Å²) in [7, 11) is 0. The molecule has 0 saturated heterocycles. The number of nitrogens with one attached hydrogen (secondary N) is 1. The number of anilines is 1. The highest BCUT2D eigenvalue weighted by Gasteiger charge is 2.11. The highest BCUT2D eigenvalue weighted by molar-refractivity contribution is 5.45. The van der Waals surface area contributed by atoms with E-state index in [0.717, 1.165) is 0 Å². The normalized spacial score (nSPS) is 18.1. The topological polar surface area (TPSA) is 12.0 Å². The Balaban J connectivity index is 1.93. The maximum Gasteiger partial charge on any atom is 0.0342 e. The lowest BCUT2D eigenvalue weighted by Gasteiger charge is -2.18. The van der Waals surface area contributed by atoms with Crippen LogP contribution in [-0.4, -0.2) is 6.04 Å². The van der Waals surface area contributed by atoms with Crippen molar-refractivity contribution in [2.75, 3.05) is 5.32 Å². The van der Waals surface area contributed by atoms with Crippen molar-refractivity contribution < 1.29 is 0 Å². The number of rotatable bonds is 3. The minimum absolute atomic E-state index is 0.627. The summed E-state index contributed by atoms with van der Waals surface area (Å²) in [6.07, 6.45) is 8.30. The van der Waals surface area contributed by atoms with E-state index in [-0.39, 0.29) is 0 Å². The summed E-state index contributed by atoms with van der Waals surface area (Å²) in [5, 5.41) is 3.69. The molecule has 17 heavy (non-hydrogen) atoms. The molecule has 1 aliphatic carbocycles. The molecular weight excluding hydrogens is 206 g/mol. The molecule has 0 unspecified atom stereocenters. The van der Waals surface area contributed by atoms with Crippen LogP contribution in [0, 0.1) is 0 Å². The molecule has 1 nitrogen and oxygen atoms in total. The average molecular weight is 231 g/mol. The number of hydrogen-bond acceptors (Lipinski definition) is 1. The Labute approximate surface area is 106 Å². The third-order valence-electron chi connectivity index (χ3n) is 3.80. The molecule has 94 valence electrons. The van der Waals surface area contributed by atoms with Crippen LogP contribution >= 0.6 is 0 Å². The minimum atomic E-state index is 0.627. The molecule has 1 saturated carbocycles. The molecule has 1 aromatic carbocycles. The van der Waals surface area contributed by atoms with E-state index in [2.05, 4.69) is 43.4 Å². The van der Waals surface area contributed by atoms with Gasteiger partial charge in [-0.25, -0.2) is 0 Å². The molecule has 0 heterocycles. The van der Waals surface area contributed by atoms with Crippen LogP contribution in [0.5, 0.6) is 0 Å². The molecule has 2 rings (SSSR count). The summed E-state index contributed by atoms with van der Waals surface area (Å²) in [6, 6.07) is 9.68. The highest BCUT2D eigenvalue weighted by Crippen LogP contribution is 2.22. The number of benzene rings is 1. The lowest BCUT2D eigenvalue weighted by Crippen LogP contribution is -2.18. The van der Waals surface area contributed by atoms with E-state index in [9.17, 15) is 0 Å². The summed E-state index contributed by atoms with van der Waals surface area (Å²) in [4.78, 5) is 0. The first-order valence-electron chi connectivity index (χ1n) is 7.12. The van der Waals surface area contributed by atoms with Gasteiger partial charge in [-0.2, -0.15) is 0 Å². The van der Waals surface area contributed by atoms with Gasteiger partial charge in [-0.15, -0.1) is 0 Å². The first-order chi connectivity index (χ1) is 8.25. The largest absolute Gasteiger partial charge is 0.382 e. The molecular formula is C16H25N. The van der Waals surface area contributed by atoms with Crippen molar-refractivity contribution in [3.05, 3.63) is 29.8 Å². The quantitative estimate of drug-likeness (QED) is 0.726. The Kier molecular flexibility index (Phi) is 4.47. The highest BCUT2D eigenvalue weighted by atomic mass is 14.9. The van der Waals surface area contributed by atoms with Crippen LogP contribution < -0.4 is 5.32 Å². The fourth-order valence-electron chi connectivity index (χ4n) is 2.62. The predicted octanol–water partition coefficient (Wildman–Crippen LogP) is 4.94. The monoisotopic (exact) mass is 231 g/mol. The van der Waals surface area contributed by atoms with Crippen molar-refractivity contribution in [1.29, 1.82) is 0 Å². The van der Waals surface area contributed by atoms with Crippen molar-refractivity contribution in [2.45, 2.75) is 64.3 Å². The van der Waals surface area contributed by atoms with Crippen molar-refractivity contribution >= 4 is 5.69 Å². The van der Waals surface area contributed by atoms with Crippen molar-refractivity contribution in [1.82, 2.24) is 0 Å². The third-order valence-corrected chi connectivity index (χ3v) is 3.80. The second-order valence-corrected chi connectivity index (χ2v) is 5.61. The molecule has 0 aromatic heterocycles. The predicted molar refractivity (Wildman–Crippen MR) is 75.6 cm³/mol. The molecule has 0 bridgehead atoms. The first kappa shape index (κ1) is 12.5. The van der Waals surface area contributed by atoms with Gasteiger partial charge in [0.15, 0.2) is 0 Å². The zero-order valence-electron chi connectivity index (χ0n) is 11.2. The van der Waals surface area contributed by atoms with Crippen molar-refractivity contribution in [2.24, 2.45) is 0 Å².